The van der Waals surface area contributed by atoms with E-state index in [0.717, 1.165) is 12.1 Å². The highest BCUT2D eigenvalue weighted by Crippen LogP contribution is 2.38. The molecule has 2 aromatic carbocycles. The Morgan fingerprint density at radius 3 is 2.79 bits per heavy atom. The summed E-state index contributed by atoms with van der Waals surface area (Å²) in [5.74, 6) is -0.506. The summed E-state index contributed by atoms with van der Waals surface area (Å²) in [5.41, 5.74) is 1.17. The monoisotopic (exact) mass is 354 g/mol. The molecule has 0 spiro atoms. The maximum atomic E-state index is 13.3. The van der Waals surface area contributed by atoms with Crippen LogP contribution in [0.3, 0.4) is 0 Å². The van der Waals surface area contributed by atoms with Gasteiger partial charge in [-0.05, 0) is 29.8 Å². The first kappa shape index (κ1) is 16.7. The highest BCUT2D eigenvalue weighted by Gasteiger charge is 2.27. The lowest BCUT2D eigenvalue weighted by atomic mass is 10.0. The van der Waals surface area contributed by atoms with Crippen molar-refractivity contribution < 1.29 is 31.6 Å². The van der Waals surface area contributed by atoms with Gasteiger partial charge in [0.15, 0.2) is 17.8 Å². The van der Waals surface area contributed by atoms with Crippen LogP contribution in [0.25, 0.3) is 0 Å². The van der Waals surface area contributed by atoms with Crippen molar-refractivity contribution in [3.05, 3.63) is 53.3 Å². The average Bonchev–Trinajstić information content (AvgIpc) is 2.54. The number of rotatable bonds is 4. The number of fused-ring (bicyclic) bond motifs is 1. The van der Waals surface area contributed by atoms with Crippen LogP contribution in [0.15, 0.2) is 41.3 Å². The fourth-order valence-corrected chi connectivity index (χ4v) is 3.46. The zero-order valence-corrected chi connectivity index (χ0v) is 13.5. The summed E-state index contributed by atoms with van der Waals surface area (Å²) in [5, 5.41) is 9.56. The van der Waals surface area contributed by atoms with Crippen molar-refractivity contribution in [2.45, 2.75) is 24.2 Å². The van der Waals surface area contributed by atoms with Gasteiger partial charge in [0.05, 0.1) is 13.7 Å². The predicted octanol–water partition coefficient (Wildman–Crippen LogP) is 1.99. The van der Waals surface area contributed by atoms with E-state index in [1.54, 1.807) is 12.1 Å². The number of aliphatic hydroxyl groups excluding tert-OH is 1. The molecule has 1 N–H and O–H groups in total. The third-order valence-corrected chi connectivity index (χ3v) is 4.85. The van der Waals surface area contributed by atoms with E-state index in [9.17, 15) is 17.9 Å². The van der Waals surface area contributed by atoms with Gasteiger partial charge >= 0.3 is 10.1 Å². The Bertz CT molecular complexity index is 865. The molecule has 0 aliphatic carbocycles. The molecular formula is C16H15FO6S. The van der Waals surface area contributed by atoms with Crippen molar-refractivity contribution in [1.29, 1.82) is 0 Å². The molecule has 8 heteroatoms. The molecule has 1 aliphatic heterocycles. The van der Waals surface area contributed by atoms with E-state index in [2.05, 4.69) is 0 Å². The van der Waals surface area contributed by atoms with Gasteiger partial charge in [0.2, 0.25) is 0 Å². The van der Waals surface area contributed by atoms with Crippen LogP contribution in [0.5, 0.6) is 11.5 Å². The minimum Gasteiger partial charge on any atom is -0.493 e. The van der Waals surface area contributed by atoms with E-state index in [0.29, 0.717) is 11.1 Å². The quantitative estimate of drug-likeness (QED) is 0.846. The van der Waals surface area contributed by atoms with Crippen molar-refractivity contribution in [1.82, 2.24) is 0 Å². The number of hydrogen-bond acceptors (Lipinski definition) is 6. The topological polar surface area (TPSA) is 82.1 Å². The lowest BCUT2D eigenvalue weighted by Gasteiger charge is -2.24. The van der Waals surface area contributed by atoms with E-state index in [4.69, 9.17) is 13.7 Å². The van der Waals surface area contributed by atoms with Crippen LogP contribution >= 0.6 is 0 Å². The Labute approximate surface area is 138 Å². The second kappa shape index (κ2) is 6.39. The number of ether oxygens (including phenoxy) is 2. The molecule has 0 amide bonds. The smallest absolute Gasteiger partial charge is 0.339 e. The van der Waals surface area contributed by atoms with Crippen LogP contribution in [-0.4, -0.2) is 26.9 Å². The lowest BCUT2D eigenvalue weighted by Crippen LogP contribution is -2.23. The third kappa shape index (κ3) is 3.21. The van der Waals surface area contributed by atoms with Crippen LogP contribution in [0.1, 0.15) is 11.1 Å². The van der Waals surface area contributed by atoms with E-state index in [1.807, 2.05) is 0 Å². The first-order chi connectivity index (χ1) is 11.4. The minimum atomic E-state index is -4.25. The normalized spacial score (nSPS) is 17.2. The maximum absolute atomic E-state index is 13.3. The van der Waals surface area contributed by atoms with Gasteiger partial charge in [-0.3, -0.25) is 0 Å². The molecular weight excluding hydrogens is 339 g/mol. The summed E-state index contributed by atoms with van der Waals surface area (Å²) < 4.78 is 53.7. The van der Waals surface area contributed by atoms with Crippen LogP contribution in [-0.2, 0) is 27.9 Å². The molecule has 1 atom stereocenters. The third-order valence-electron chi connectivity index (χ3n) is 3.63. The van der Waals surface area contributed by atoms with E-state index in [1.165, 1.54) is 19.2 Å². The van der Waals surface area contributed by atoms with Crippen molar-refractivity contribution in [3.63, 3.8) is 0 Å². The molecule has 0 saturated carbocycles. The second-order valence-corrected chi connectivity index (χ2v) is 6.75. The summed E-state index contributed by atoms with van der Waals surface area (Å²) in [6.45, 7) is -0.0261. The van der Waals surface area contributed by atoms with Gasteiger partial charge in [-0.1, -0.05) is 12.1 Å². The molecule has 128 valence electrons. The van der Waals surface area contributed by atoms with Crippen LogP contribution in [0.2, 0.25) is 0 Å². The van der Waals surface area contributed by atoms with E-state index >= 15 is 0 Å². The molecule has 1 heterocycles. The highest BCUT2D eigenvalue weighted by atomic mass is 32.2. The number of aliphatic hydroxyl groups is 1. The molecule has 3 rings (SSSR count). The SMILES string of the molecule is COc1ccc2c(c1OS(=O)(=O)c1cccc(F)c1)COC(O)C2. The van der Waals surface area contributed by atoms with Gasteiger partial charge in [-0.2, -0.15) is 8.42 Å². The Hall–Kier alpha value is -2.16. The summed E-state index contributed by atoms with van der Waals surface area (Å²) in [6.07, 6.45) is -0.756. The van der Waals surface area contributed by atoms with Gasteiger partial charge in [-0.25, -0.2) is 4.39 Å². The molecule has 0 radical (unpaired) electrons. The minimum absolute atomic E-state index is 0.0221. The van der Waals surface area contributed by atoms with Gasteiger partial charge in [0.1, 0.15) is 10.7 Å². The maximum Gasteiger partial charge on any atom is 0.339 e. The standard InChI is InChI=1S/C16H15FO6S/c1-21-14-6-5-10-7-15(18)22-9-13(10)16(14)23-24(19,20)12-4-2-3-11(17)8-12/h2-6,8,15,18H,7,9H2,1H3. The molecule has 0 bridgehead atoms. The van der Waals surface area contributed by atoms with E-state index < -0.39 is 22.2 Å². The first-order valence-corrected chi connectivity index (χ1v) is 8.50. The first-order valence-electron chi connectivity index (χ1n) is 7.09. The fourth-order valence-electron chi connectivity index (χ4n) is 2.46. The predicted molar refractivity (Wildman–Crippen MR) is 81.7 cm³/mol. The van der Waals surface area contributed by atoms with Crippen LogP contribution in [0.4, 0.5) is 4.39 Å². The molecule has 0 aromatic heterocycles. The Balaban J connectivity index is 2.04. The zero-order chi connectivity index (χ0) is 17.3. The van der Waals surface area contributed by atoms with Gasteiger partial charge in [-0.15, -0.1) is 0 Å². The molecule has 1 aliphatic rings. The average molecular weight is 354 g/mol. The summed E-state index contributed by atoms with van der Waals surface area (Å²) in [4.78, 5) is -0.307. The van der Waals surface area contributed by atoms with Gasteiger partial charge < -0.3 is 18.8 Å². The molecule has 1 unspecified atom stereocenters. The summed E-state index contributed by atoms with van der Waals surface area (Å²) in [7, 11) is -2.88. The van der Waals surface area contributed by atoms with Gasteiger partial charge in [0, 0.05) is 12.0 Å². The highest BCUT2D eigenvalue weighted by molar-refractivity contribution is 7.87. The summed E-state index contributed by atoms with van der Waals surface area (Å²) in [6, 6.07) is 7.79. The van der Waals surface area contributed by atoms with Gasteiger partial charge in [0.25, 0.3) is 0 Å². The van der Waals surface area contributed by atoms with Crippen molar-refractivity contribution in [3.8, 4) is 11.5 Å². The Morgan fingerprint density at radius 2 is 2.08 bits per heavy atom. The lowest BCUT2D eigenvalue weighted by molar-refractivity contribution is -0.115. The number of hydrogen-bond donors (Lipinski definition) is 1. The molecule has 6 nitrogen and oxygen atoms in total. The fraction of sp³-hybridized carbons (Fsp3) is 0.250. The molecule has 24 heavy (non-hydrogen) atoms. The van der Waals surface area contributed by atoms with E-state index in [-0.39, 0.29) is 29.4 Å². The zero-order valence-electron chi connectivity index (χ0n) is 12.7. The second-order valence-electron chi connectivity index (χ2n) is 5.20. The molecule has 0 fully saturated rings. The Morgan fingerprint density at radius 1 is 1.29 bits per heavy atom. The molecule has 2 aromatic rings. The summed E-state index contributed by atoms with van der Waals surface area (Å²) >= 11 is 0. The Kier molecular flexibility index (Phi) is 4.44. The number of methoxy groups -OCH3 is 1. The van der Waals surface area contributed by atoms with Crippen LogP contribution in [0, 0.1) is 5.82 Å². The largest absolute Gasteiger partial charge is 0.493 e. The van der Waals surface area contributed by atoms with Crippen LogP contribution < -0.4 is 8.92 Å². The van der Waals surface area contributed by atoms with Crippen molar-refractivity contribution in [2.24, 2.45) is 0 Å². The van der Waals surface area contributed by atoms with Crippen molar-refractivity contribution in [2.75, 3.05) is 7.11 Å². The number of halogens is 1. The number of benzene rings is 2. The van der Waals surface area contributed by atoms with Crippen molar-refractivity contribution >= 4 is 10.1 Å². The molecule has 0 saturated heterocycles.